The van der Waals surface area contributed by atoms with E-state index in [2.05, 4.69) is 278 Å². The van der Waals surface area contributed by atoms with Crippen molar-refractivity contribution in [1.29, 1.82) is 0 Å². The Hall–Kier alpha value is -9.15. The van der Waals surface area contributed by atoms with Crippen LogP contribution in [-0.4, -0.2) is 9.13 Å². The first kappa shape index (κ1) is 43.1. The lowest BCUT2D eigenvalue weighted by atomic mass is 9.65. The Labute approximate surface area is 451 Å². The number of aryl methyl sites for hydroxylation is 2. The molecule has 0 radical (unpaired) electrons. The van der Waals surface area contributed by atoms with Gasteiger partial charge in [0, 0.05) is 42.7 Å². The zero-order chi connectivity index (χ0) is 50.7. The summed E-state index contributed by atoms with van der Waals surface area (Å²) in [6.07, 6.45) is 0. The molecule has 77 heavy (non-hydrogen) atoms. The first-order chi connectivity index (χ1) is 38.0. The normalized spacial score (nSPS) is 14.3. The summed E-state index contributed by atoms with van der Waals surface area (Å²) < 4.78 is 5.05. The van der Waals surface area contributed by atoms with Crippen LogP contribution in [-0.2, 0) is 10.8 Å². The number of fused-ring (bicyclic) bond motifs is 19. The first-order valence-corrected chi connectivity index (χ1v) is 27.7. The summed E-state index contributed by atoms with van der Waals surface area (Å²) >= 11 is 1.91. The molecule has 14 aromatic rings. The fraction of sp³-hybridized carbons (Fsp3) is 0.0541. The summed E-state index contributed by atoms with van der Waals surface area (Å²) in [5, 5.41) is 7.43. The number of benzene rings is 12. The van der Waals surface area contributed by atoms with E-state index < -0.39 is 10.8 Å². The van der Waals surface area contributed by atoms with E-state index in [0.29, 0.717) is 0 Å². The van der Waals surface area contributed by atoms with E-state index in [1.54, 1.807) is 0 Å². The van der Waals surface area contributed by atoms with Gasteiger partial charge in [-0.2, -0.15) is 0 Å². The Morgan fingerprint density at radius 1 is 0.273 bits per heavy atom. The average molecular weight is 997 g/mol. The summed E-state index contributed by atoms with van der Waals surface area (Å²) in [7, 11) is 0. The largest absolute Gasteiger partial charge is 0.309 e. The first-order valence-electron chi connectivity index (χ1n) is 26.9. The van der Waals surface area contributed by atoms with Crippen molar-refractivity contribution in [3.05, 3.63) is 310 Å². The fourth-order valence-electron chi connectivity index (χ4n) is 14.9. The highest BCUT2D eigenvalue weighted by molar-refractivity contribution is 7.99. The van der Waals surface area contributed by atoms with Gasteiger partial charge in [0.2, 0.25) is 0 Å². The van der Waals surface area contributed by atoms with Crippen LogP contribution >= 0.6 is 11.8 Å². The van der Waals surface area contributed by atoms with E-state index >= 15 is 0 Å². The predicted octanol–water partition coefficient (Wildman–Crippen LogP) is 18.8. The molecule has 0 saturated carbocycles. The Balaban J connectivity index is 0.896. The molecule has 2 aromatic heterocycles. The van der Waals surface area contributed by atoms with Crippen molar-refractivity contribution in [3.63, 3.8) is 0 Å². The lowest BCUT2D eigenvalue weighted by molar-refractivity contribution is 0.724. The number of nitrogens with zero attached hydrogens (tertiary/aromatic N) is 2. The maximum absolute atomic E-state index is 2.55. The molecule has 0 saturated heterocycles. The zero-order valence-electron chi connectivity index (χ0n) is 42.6. The Kier molecular flexibility index (Phi) is 8.80. The molecule has 0 unspecified atom stereocenters. The van der Waals surface area contributed by atoms with Crippen LogP contribution in [0.4, 0.5) is 0 Å². The highest BCUT2D eigenvalue weighted by Crippen LogP contribution is 2.63. The minimum absolute atomic E-state index is 0.469. The van der Waals surface area contributed by atoms with Crippen LogP contribution in [0.25, 0.3) is 88.0 Å². The van der Waals surface area contributed by atoms with Gasteiger partial charge >= 0.3 is 0 Å². The maximum Gasteiger partial charge on any atom is 0.0736 e. The van der Waals surface area contributed by atoms with Crippen molar-refractivity contribution in [2.75, 3.05) is 0 Å². The van der Waals surface area contributed by atoms with Crippen LogP contribution in [0.3, 0.4) is 0 Å². The summed E-state index contributed by atoms with van der Waals surface area (Å²) in [6, 6.07) is 96.8. The van der Waals surface area contributed by atoms with Gasteiger partial charge in [-0.1, -0.05) is 200 Å². The third-order valence-electron chi connectivity index (χ3n) is 17.9. The molecule has 1 aliphatic heterocycles. The van der Waals surface area contributed by atoms with E-state index in [4.69, 9.17) is 0 Å². The van der Waals surface area contributed by atoms with Crippen molar-refractivity contribution in [2.24, 2.45) is 0 Å². The summed E-state index contributed by atoms with van der Waals surface area (Å²) in [5.41, 5.74) is 24.6. The minimum Gasteiger partial charge on any atom is -0.309 e. The van der Waals surface area contributed by atoms with Crippen molar-refractivity contribution < 1.29 is 0 Å². The van der Waals surface area contributed by atoms with Gasteiger partial charge in [0.05, 0.1) is 32.9 Å². The second-order valence-corrected chi connectivity index (χ2v) is 22.6. The van der Waals surface area contributed by atoms with Gasteiger partial charge < -0.3 is 9.13 Å². The molecular weight excluding hydrogens is 949 g/mol. The van der Waals surface area contributed by atoms with Gasteiger partial charge in [-0.15, -0.1) is 0 Å². The summed E-state index contributed by atoms with van der Waals surface area (Å²) in [4.78, 5) is 2.62. The van der Waals surface area contributed by atoms with Gasteiger partial charge in [-0.05, 0) is 169 Å². The Morgan fingerprint density at radius 3 is 1.25 bits per heavy atom. The summed E-state index contributed by atoms with van der Waals surface area (Å²) in [5.74, 6) is 0. The second-order valence-electron chi connectivity index (χ2n) is 21.6. The van der Waals surface area contributed by atoms with Gasteiger partial charge in [-0.3, -0.25) is 0 Å². The predicted molar refractivity (Wildman–Crippen MR) is 321 cm³/mol. The molecule has 360 valence electrons. The van der Waals surface area contributed by atoms with Crippen LogP contribution < -0.4 is 0 Å². The smallest absolute Gasteiger partial charge is 0.0736 e. The molecule has 3 heterocycles. The Morgan fingerprint density at radius 2 is 0.701 bits per heavy atom. The highest BCUT2D eigenvalue weighted by atomic mass is 32.2. The molecule has 2 aliphatic carbocycles. The SMILES string of the molecule is Cc1ccccc1C1(c2cc3c(cc2C)c2ccccc2n3-c2ccc3ccc(-n4c5ccccc5c5cc6c(cc54)C4(c5ccccc5S6)c5ccccc5-c5ccccc54)cc3c2)c2ccccc2-c2ccccc21. The molecular formula is C74H48N2S. The van der Waals surface area contributed by atoms with Gasteiger partial charge in [0.25, 0.3) is 0 Å². The molecule has 1 spiro atoms. The van der Waals surface area contributed by atoms with Crippen LogP contribution in [0.2, 0.25) is 0 Å². The van der Waals surface area contributed by atoms with Crippen LogP contribution in [0.5, 0.6) is 0 Å². The van der Waals surface area contributed by atoms with Gasteiger partial charge in [0.1, 0.15) is 0 Å². The molecule has 0 amide bonds. The molecule has 0 fully saturated rings. The van der Waals surface area contributed by atoms with Crippen molar-refractivity contribution >= 4 is 66.1 Å². The minimum atomic E-state index is -0.524. The number of hydrogen-bond acceptors (Lipinski definition) is 1. The van der Waals surface area contributed by atoms with Crippen molar-refractivity contribution in [3.8, 4) is 33.6 Å². The van der Waals surface area contributed by atoms with Crippen LogP contribution in [0, 0.1) is 13.8 Å². The number of rotatable bonds is 4. The molecule has 3 aliphatic rings. The van der Waals surface area contributed by atoms with Crippen molar-refractivity contribution in [2.45, 2.75) is 34.5 Å². The van der Waals surface area contributed by atoms with Crippen molar-refractivity contribution in [1.82, 2.24) is 9.13 Å². The van der Waals surface area contributed by atoms with E-state index in [1.807, 2.05) is 11.8 Å². The van der Waals surface area contributed by atoms with Gasteiger partial charge in [-0.25, -0.2) is 0 Å². The molecule has 0 bridgehead atoms. The second kappa shape index (κ2) is 15.7. The lowest BCUT2D eigenvalue weighted by Crippen LogP contribution is -2.32. The number of hydrogen-bond donors (Lipinski definition) is 0. The lowest BCUT2D eigenvalue weighted by Gasteiger charge is -2.39. The monoisotopic (exact) mass is 996 g/mol. The average Bonchev–Trinajstić information content (AvgIpc) is 4.29. The third kappa shape index (κ3) is 5.56. The molecule has 17 rings (SSSR count). The van der Waals surface area contributed by atoms with E-state index in [-0.39, 0.29) is 0 Å². The quantitative estimate of drug-likeness (QED) is 0.171. The molecule has 0 N–H and O–H groups in total. The van der Waals surface area contributed by atoms with E-state index in [0.717, 1.165) is 11.4 Å². The van der Waals surface area contributed by atoms with Gasteiger partial charge in [0.15, 0.2) is 0 Å². The topological polar surface area (TPSA) is 9.86 Å². The third-order valence-corrected chi connectivity index (χ3v) is 19.0. The summed E-state index contributed by atoms with van der Waals surface area (Å²) in [6.45, 7) is 4.61. The molecule has 0 atom stereocenters. The highest BCUT2D eigenvalue weighted by Gasteiger charge is 2.51. The molecule has 12 aromatic carbocycles. The standard InChI is InChI=1S/C74H48N2S/c1-45-19-3-10-26-59(45)73(60-27-11-4-20-51(60)52-21-5-12-28-61(52)73)65-43-69-57(39-46(65)2)55-24-8-16-32-67(55)75(69)49-37-35-47-36-38-50(41-48(47)40-49)76-68-33-17-9-25-56(68)58-42-72-66(44-70(58)76)74(64-31-15-18-34-71(64)77-72)62-29-13-6-22-53(62)54-23-7-14-30-63(54)74/h3-44H,1-2H3. The van der Waals surface area contributed by atoms with Crippen LogP contribution in [0.15, 0.2) is 265 Å². The van der Waals surface area contributed by atoms with E-state index in [9.17, 15) is 0 Å². The fourth-order valence-corrected chi connectivity index (χ4v) is 16.1. The van der Waals surface area contributed by atoms with E-state index in [1.165, 1.54) is 142 Å². The maximum atomic E-state index is 2.55. The van der Waals surface area contributed by atoms with Crippen LogP contribution in [0.1, 0.15) is 55.6 Å². The number of para-hydroxylation sites is 2. The Bertz CT molecular complexity index is 4800. The zero-order valence-corrected chi connectivity index (χ0v) is 43.4. The molecule has 3 heteroatoms. The molecule has 2 nitrogen and oxygen atoms in total. The number of aromatic nitrogens is 2.